The molecular formula is C44H69N5O7S. The maximum absolute atomic E-state index is 14.3. The molecule has 0 radical (unpaired) electrons. The molecule has 3 saturated carbocycles. The number of para-hydroxylation sites is 1. The quantitative estimate of drug-likeness (QED) is 0.193. The molecule has 0 spiro atoms. The van der Waals surface area contributed by atoms with Crippen LogP contribution in [0.25, 0.3) is 11.1 Å². The van der Waals surface area contributed by atoms with Crippen LogP contribution in [0.15, 0.2) is 36.4 Å². The monoisotopic (exact) mass is 811 g/mol. The molecule has 318 valence electrons. The fourth-order valence-corrected chi connectivity index (χ4v) is 10.7. The van der Waals surface area contributed by atoms with E-state index in [1.165, 1.54) is 6.42 Å². The lowest BCUT2D eigenvalue weighted by molar-refractivity contribution is -0.183. The number of aliphatic hydroxyl groups is 2. The van der Waals surface area contributed by atoms with E-state index >= 15 is 0 Å². The molecule has 10 atom stereocenters. The molecule has 2 aromatic rings. The van der Waals surface area contributed by atoms with Crippen molar-refractivity contribution < 1.29 is 33.6 Å². The van der Waals surface area contributed by atoms with Crippen molar-refractivity contribution in [3.8, 4) is 16.9 Å². The summed E-state index contributed by atoms with van der Waals surface area (Å²) >= 11 is 0. The van der Waals surface area contributed by atoms with Gasteiger partial charge in [-0.25, -0.2) is 0 Å². The van der Waals surface area contributed by atoms with Crippen LogP contribution >= 0.6 is 0 Å². The summed E-state index contributed by atoms with van der Waals surface area (Å²) in [5.41, 5.74) is 3.70. The van der Waals surface area contributed by atoms with E-state index in [-0.39, 0.29) is 42.2 Å². The van der Waals surface area contributed by atoms with Crippen molar-refractivity contribution in [2.75, 3.05) is 59.1 Å². The summed E-state index contributed by atoms with van der Waals surface area (Å²) in [7, 11) is 6.71. The minimum atomic E-state index is -2.54. The van der Waals surface area contributed by atoms with Crippen molar-refractivity contribution >= 4 is 32.9 Å². The van der Waals surface area contributed by atoms with Crippen LogP contribution < -0.4 is 20.3 Å². The van der Waals surface area contributed by atoms with Crippen molar-refractivity contribution in [1.29, 1.82) is 0 Å². The Morgan fingerprint density at radius 3 is 2.37 bits per heavy atom. The first-order chi connectivity index (χ1) is 26.5. The molecule has 0 aromatic heterocycles. The molecule has 1 saturated heterocycles. The molecule has 1 unspecified atom stereocenters. The summed E-state index contributed by atoms with van der Waals surface area (Å²) in [6.07, 6.45) is 0.408. The number of hydroxylamine groups is 2. The third-order valence-electron chi connectivity index (χ3n) is 13.2. The van der Waals surface area contributed by atoms with Gasteiger partial charge in [-0.15, -0.1) is 0 Å². The largest absolute Gasteiger partial charge is 0.496 e. The summed E-state index contributed by atoms with van der Waals surface area (Å²) in [6.45, 7) is 14.5. The van der Waals surface area contributed by atoms with Crippen LogP contribution in [-0.4, -0.2) is 131 Å². The average Bonchev–Trinajstić information content (AvgIpc) is 3.49. The van der Waals surface area contributed by atoms with E-state index in [4.69, 9.17) is 9.57 Å². The zero-order chi connectivity index (χ0) is 42.4. The summed E-state index contributed by atoms with van der Waals surface area (Å²) in [4.78, 5) is 38.5. The Balaban J connectivity index is 1.46. The third kappa shape index (κ3) is 9.34. The number of ether oxygens (including phenoxy) is 1. The van der Waals surface area contributed by atoms with E-state index in [9.17, 15) is 24.0 Å². The lowest BCUT2D eigenvalue weighted by atomic mass is 9.45. The standard InChI is InChI=1S/C44H69N5O7S/c1-26-35-20-31(44(35,6)7)21-36(26)46-42(53)39-38(27(2)51)37(24-50)56-49(39)22-28-15-14-16-34(40(28)55-12)29-17-30(19-33(18-29)48(10)11)41(52)45-32(23-47(8)9)25-57(13,54)43(3,4)5/h14-19,26-27,31-32,35-39,50-51H,13,20-25H2,1-12H3,(H,45,52)(H,46,53)/t26-,27-,31-,32-,35+,36-,37-,38+,39-,57?/m0/s1. The molecule has 1 aliphatic heterocycles. The van der Waals surface area contributed by atoms with Gasteiger partial charge in [-0.05, 0) is 117 Å². The molecule has 12 nitrogen and oxygen atoms in total. The van der Waals surface area contributed by atoms with Crippen LogP contribution in [-0.2, 0) is 25.7 Å². The van der Waals surface area contributed by atoms with Gasteiger partial charge in [-0.2, -0.15) is 5.06 Å². The van der Waals surface area contributed by atoms with Crippen molar-refractivity contribution in [3.05, 3.63) is 47.5 Å². The van der Waals surface area contributed by atoms with E-state index in [0.29, 0.717) is 35.6 Å². The predicted molar refractivity (Wildman–Crippen MR) is 230 cm³/mol. The van der Waals surface area contributed by atoms with Gasteiger partial charge in [0.15, 0.2) is 0 Å². The fraction of sp³-hybridized carbons (Fsp3) is 0.659. The number of benzene rings is 2. The Morgan fingerprint density at radius 2 is 1.82 bits per heavy atom. The summed E-state index contributed by atoms with van der Waals surface area (Å²) in [5, 5.41) is 29.4. The highest BCUT2D eigenvalue weighted by Crippen LogP contribution is 2.61. The topological polar surface area (TPSA) is 144 Å². The second kappa shape index (κ2) is 17.2. The Labute approximate surface area is 341 Å². The number of carbonyl (C=O) groups is 2. The number of aliphatic hydroxyl groups excluding tert-OH is 2. The number of amides is 2. The van der Waals surface area contributed by atoms with Gasteiger partial charge in [0.05, 0.1) is 32.4 Å². The molecular weight excluding hydrogens is 743 g/mol. The van der Waals surface area contributed by atoms with Crippen LogP contribution in [0.3, 0.4) is 0 Å². The van der Waals surface area contributed by atoms with Crippen molar-refractivity contribution in [2.45, 2.75) is 103 Å². The van der Waals surface area contributed by atoms with Gasteiger partial charge in [-0.3, -0.25) is 18.6 Å². The summed E-state index contributed by atoms with van der Waals surface area (Å²) < 4.78 is 19.2. The molecule has 2 aromatic carbocycles. The first-order valence-electron chi connectivity index (χ1n) is 20.3. The van der Waals surface area contributed by atoms with Gasteiger partial charge in [0.25, 0.3) is 5.91 Å². The number of nitrogens with one attached hydrogen (secondary N) is 2. The van der Waals surface area contributed by atoms with Crippen LogP contribution in [0.4, 0.5) is 5.69 Å². The number of nitrogens with zero attached hydrogens (tertiary/aromatic N) is 3. The molecule has 6 rings (SSSR count). The molecule has 2 amide bonds. The zero-order valence-electron chi connectivity index (χ0n) is 36.3. The summed E-state index contributed by atoms with van der Waals surface area (Å²) in [5.74, 6) is 5.09. The third-order valence-corrected chi connectivity index (χ3v) is 16.4. The lowest BCUT2D eigenvalue weighted by Gasteiger charge is -2.62. The smallest absolute Gasteiger partial charge is 0.251 e. The molecule has 2 bridgehead atoms. The van der Waals surface area contributed by atoms with Gasteiger partial charge < -0.3 is 35.4 Å². The van der Waals surface area contributed by atoms with Crippen molar-refractivity contribution in [1.82, 2.24) is 20.6 Å². The van der Waals surface area contributed by atoms with Crippen LogP contribution in [0.2, 0.25) is 0 Å². The normalized spacial score (nSPS) is 27.9. The number of hydrogen-bond donors (Lipinski definition) is 4. The van der Waals surface area contributed by atoms with Gasteiger partial charge in [0, 0.05) is 65.5 Å². The number of carbonyl (C=O) groups excluding carboxylic acids is 2. The second-order valence-corrected chi connectivity index (χ2v) is 22.1. The first kappa shape index (κ1) is 44.9. The highest BCUT2D eigenvalue weighted by molar-refractivity contribution is 8.01. The lowest BCUT2D eigenvalue weighted by Crippen LogP contribution is -2.62. The second-order valence-electron chi connectivity index (χ2n) is 18.9. The van der Waals surface area contributed by atoms with Gasteiger partial charge in [-0.1, -0.05) is 39.0 Å². The van der Waals surface area contributed by atoms with E-state index < -0.39 is 44.5 Å². The van der Waals surface area contributed by atoms with Crippen molar-refractivity contribution in [3.63, 3.8) is 0 Å². The van der Waals surface area contributed by atoms with E-state index in [1.807, 2.05) is 95.2 Å². The number of fused-ring (bicyclic) bond motifs is 2. The molecule has 13 heteroatoms. The number of anilines is 1. The zero-order valence-corrected chi connectivity index (χ0v) is 37.1. The van der Waals surface area contributed by atoms with Crippen molar-refractivity contribution in [2.24, 2.45) is 29.1 Å². The number of hydrogen-bond acceptors (Lipinski definition) is 10. The minimum absolute atomic E-state index is 0.0200. The molecule has 1 heterocycles. The summed E-state index contributed by atoms with van der Waals surface area (Å²) in [6, 6.07) is 10.1. The Kier molecular flexibility index (Phi) is 13.5. The number of methoxy groups -OCH3 is 1. The maximum Gasteiger partial charge on any atom is 0.251 e. The Morgan fingerprint density at radius 1 is 1.14 bits per heavy atom. The van der Waals surface area contributed by atoms with E-state index in [0.717, 1.165) is 28.8 Å². The van der Waals surface area contributed by atoms with Crippen LogP contribution in [0.5, 0.6) is 5.75 Å². The molecule has 4 fully saturated rings. The average molecular weight is 812 g/mol. The fourth-order valence-electron chi connectivity index (χ4n) is 9.41. The van der Waals surface area contributed by atoms with E-state index in [2.05, 4.69) is 37.3 Å². The van der Waals surface area contributed by atoms with Crippen LogP contribution in [0.1, 0.15) is 77.2 Å². The van der Waals surface area contributed by atoms with Gasteiger partial charge in [0.1, 0.15) is 17.9 Å². The predicted octanol–water partition coefficient (Wildman–Crippen LogP) is 4.26. The number of rotatable bonds is 15. The SMILES string of the molecule is C=S(=O)(C[C@H](CN(C)C)NC(=O)c1cc(-c2cccc(CN3O[C@@H](CO)[C@@H]([C@H](C)O)[C@H]3C(=O)N[C@H]3C[C@@H]4C[C@H]([C@@H]3C)C4(C)C)c2OC)cc(N(C)C)c1)C(C)(C)C. The molecule has 3 aliphatic carbocycles. The molecule has 57 heavy (non-hydrogen) atoms. The molecule has 4 aliphatic rings. The van der Waals surface area contributed by atoms with E-state index in [1.54, 1.807) is 19.1 Å². The van der Waals surface area contributed by atoms with Crippen LogP contribution in [0, 0.1) is 29.1 Å². The Bertz CT molecular complexity index is 1870. The number of likely N-dealkylation sites (N-methyl/N-ethyl adjacent to an activating group) is 1. The Hall–Kier alpha value is -3.20. The highest BCUT2D eigenvalue weighted by Gasteiger charge is 2.57. The maximum atomic E-state index is 14.3. The molecule has 4 N–H and O–H groups in total. The highest BCUT2D eigenvalue weighted by atomic mass is 32.2. The minimum Gasteiger partial charge on any atom is -0.496 e. The van der Waals surface area contributed by atoms with Gasteiger partial charge >= 0.3 is 0 Å². The van der Waals surface area contributed by atoms with Gasteiger partial charge in [0.2, 0.25) is 5.91 Å². The first-order valence-corrected chi connectivity index (χ1v) is 22.2.